The molecule has 4 rings (SSSR count). The van der Waals surface area contributed by atoms with Gasteiger partial charge in [-0.05, 0) is 18.4 Å². The highest BCUT2D eigenvalue weighted by atomic mass is 32.1. The summed E-state index contributed by atoms with van der Waals surface area (Å²) in [6.45, 7) is 2.44. The SMILES string of the molecule is COc1nc(NCC2[C@H](C)CC(F)(F)CN2C(=O)c2nc(C)sc2-c2ccccc2)ncc1C(F)(F)F. The molecule has 3 heterocycles. The first-order valence-electron chi connectivity index (χ1n) is 11.3. The third-order valence-corrected chi connectivity index (χ3v) is 7.05. The maximum absolute atomic E-state index is 14.6. The zero-order valence-corrected chi connectivity index (χ0v) is 21.0. The van der Waals surface area contributed by atoms with Gasteiger partial charge in [0.25, 0.3) is 11.8 Å². The Morgan fingerprint density at radius 3 is 2.59 bits per heavy atom. The number of amides is 1. The molecule has 1 fully saturated rings. The van der Waals surface area contributed by atoms with Crippen molar-refractivity contribution < 1.29 is 31.5 Å². The van der Waals surface area contributed by atoms with Crippen molar-refractivity contribution in [3.8, 4) is 16.3 Å². The molecule has 3 aromatic rings. The van der Waals surface area contributed by atoms with E-state index < -0.39 is 54.4 Å². The maximum Gasteiger partial charge on any atom is 0.423 e. The molecule has 198 valence electrons. The van der Waals surface area contributed by atoms with Crippen LogP contribution in [0.1, 0.15) is 34.4 Å². The molecule has 1 amide bonds. The third-order valence-electron chi connectivity index (χ3n) is 6.03. The number of thiazole rings is 1. The Morgan fingerprint density at radius 2 is 1.95 bits per heavy atom. The second-order valence-corrected chi connectivity index (χ2v) is 10.0. The molecular formula is C24H24F5N5O2S. The molecule has 0 spiro atoms. The van der Waals surface area contributed by atoms with E-state index in [-0.39, 0.29) is 18.2 Å². The molecule has 1 aliphatic heterocycles. The normalized spacial score (nSPS) is 19.5. The summed E-state index contributed by atoms with van der Waals surface area (Å²) in [6, 6.07) is 8.33. The molecule has 2 atom stereocenters. The average molecular weight is 542 g/mol. The van der Waals surface area contributed by atoms with Gasteiger partial charge in [-0.3, -0.25) is 4.79 Å². The number of likely N-dealkylation sites (tertiary alicyclic amines) is 1. The van der Waals surface area contributed by atoms with Crippen LogP contribution in [0.5, 0.6) is 5.88 Å². The van der Waals surface area contributed by atoms with Gasteiger partial charge in [0.15, 0.2) is 0 Å². The largest absolute Gasteiger partial charge is 0.480 e. The predicted molar refractivity (Wildman–Crippen MR) is 128 cm³/mol. The standard InChI is InChI=1S/C24H24F5N5O2S/c1-13-9-23(25,26)12-34(21(35)18-19(37-14(2)32-18)15-7-5-4-6-8-15)17(13)11-31-22-30-10-16(24(27,28)29)20(33-22)36-3/h4-8,10,13,17H,9,11-12H2,1-3H3,(H,30,31,33)/t13-,17?/m1/s1. The van der Waals surface area contributed by atoms with E-state index in [9.17, 15) is 26.7 Å². The van der Waals surface area contributed by atoms with Gasteiger partial charge in [0.05, 0.1) is 29.6 Å². The highest BCUT2D eigenvalue weighted by Gasteiger charge is 2.47. The summed E-state index contributed by atoms with van der Waals surface area (Å²) in [5, 5.41) is 3.40. The van der Waals surface area contributed by atoms with E-state index >= 15 is 0 Å². The zero-order valence-electron chi connectivity index (χ0n) is 20.1. The topological polar surface area (TPSA) is 80.2 Å². The van der Waals surface area contributed by atoms with Crippen molar-refractivity contribution in [2.24, 2.45) is 5.92 Å². The summed E-state index contributed by atoms with van der Waals surface area (Å²) in [6.07, 6.45) is -4.58. The number of methoxy groups -OCH3 is 1. The van der Waals surface area contributed by atoms with Crippen LogP contribution >= 0.6 is 11.3 Å². The lowest BCUT2D eigenvalue weighted by Gasteiger charge is -2.43. The Balaban J connectivity index is 1.62. The lowest BCUT2D eigenvalue weighted by Crippen LogP contribution is -2.57. The van der Waals surface area contributed by atoms with E-state index in [1.807, 2.05) is 18.2 Å². The van der Waals surface area contributed by atoms with Gasteiger partial charge in [-0.2, -0.15) is 18.2 Å². The van der Waals surface area contributed by atoms with Crippen LogP contribution in [0, 0.1) is 12.8 Å². The van der Waals surface area contributed by atoms with Gasteiger partial charge in [0.1, 0.15) is 11.3 Å². The molecule has 2 aromatic heterocycles. The zero-order chi connectivity index (χ0) is 27.0. The highest BCUT2D eigenvalue weighted by molar-refractivity contribution is 7.15. The quantitative estimate of drug-likeness (QED) is 0.413. The van der Waals surface area contributed by atoms with Crippen molar-refractivity contribution in [1.29, 1.82) is 0 Å². The van der Waals surface area contributed by atoms with Crippen LogP contribution in [0.3, 0.4) is 0 Å². The van der Waals surface area contributed by atoms with Crippen molar-refractivity contribution in [2.45, 2.75) is 38.4 Å². The molecule has 1 unspecified atom stereocenters. The number of aryl methyl sites for hydroxylation is 1. The summed E-state index contributed by atoms with van der Waals surface area (Å²) >= 11 is 1.29. The first-order chi connectivity index (χ1) is 17.4. The van der Waals surface area contributed by atoms with E-state index in [0.29, 0.717) is 16.1 Å². The number of hydrogen-bond donors (Lipinski definition) is 1. The number of piperidine rings is 1. The predicted octanol–water partition coefficient (Wildman–Crippen LogP) is 5.53. The van der Waals surface area contributed by atoms with Crippen LogP contribution in [0.4, 0.5) is 27.9 Å². The second-order valence-electron chi connectivity index (χ2n) is 8.81. The van der Waals surface area contributed by atoms with Crippen LogP contribution in [-0.2, 0) is 6.18 Å². The molecular weight excluding hydrogens is 517 g/mol. The van der Waals surface area contributed by atoms with Gasteiger partial charge in [0, 0.05) is 19.2 Å². The number of benzene rings is 1. The van der Waals surface area contributed by atoms with Crippen LogP contribution in [0.25, 0.3) is 10.4 Å². The van der Waals surface area contributed by atoms with Gasteiger partial charge >= 0.3 is 6.18 Å². The number of hydrogen-bond acceptors (Lipinski definition) is 7. The van der Waals surface area contributed by atoms with E-state index in [0.717, 1.165) is 17.6 Å². The summed E-state index contributed by atoms with van der Waals surface area (Å²) in [4.78, 5) is 27.1. The Morgan fingerprint density at radius 1 is 1.24 bits per heavy atom. The Bertz CT molecular complexity index is 1270. The molecule has 13 heteroatoms. The maximum atomic E-state index is 14.6. The van der Waals surface area contributed by atoms with Crippen LogP contribution < -0.4 is 10.1 Å². The number of alkyl halides is 5. The van der Waals surface area contributed by atoms with Gasteiger partial charge in [0.2, 0.25) is 11.8 Å². The summed E-state index contributed by atoms with van der Waals surface area (Å²) in [5.74, 6) is -5.26. The third kappa shape index (κ3) is 5.81. The van der Waals surface area contributed by atoms with E-state index in [2.05, 4.69) is 20.3 Å². The fourth-order valence-electron chi connectivity index (χ4n) is 4.37. The first kappa shape index (κ1) is 26.7. The van der Waals surface area contributed by atoms with Crippen molar-refractivity contribution >= 4 is 23.2 Å². The molecule has 0 saturated carbocycles. The average Bonchev–Trinajstić information content (AvgIpc) is 3.23. The number of carbonyl (C=O) groups is 1. The monoisotopic (exact) mass is 541 g/mol. The number of aromatic nitrogens is 3. The molecule has 1 aromatic carbocycles. The number of rotatable bonds is 6. The Hall–Kier alpha value is -3.35. The minimum Gasteiger partial charge on any atom is -0.480 e. The van der Waals surface area contributed by atoms with Crippen LogP contribution in [-0.4, -0.2) is 57.9 Å². The van der Waals surface area contributed by atoms with Crippen LogP contribution in [0.15, 0.2) is 36.5 Å². The number of nitrogens with zero attached hydrogens (tertiary/aromatic N) is 4. The smallest absolute Gasteiger partial charge is 0.423 e. The van der Waals surface area contributed by atoms with E-state index in [4.69, 9.17) is 4.74 Å². The fraction of sp³-hybridized carbons (Fsp3) is 0.417. The van der Waals surface area contributed by atoms with Gasteiger partial charge < -0.3 is 15.0 Å². The van der Waals surface area contributed by atoms with Crippen molar-refractivity contribution in [3.05, 3.63) is 52.8 Å². The lowest BCUT2D eigenvalue weighted by atomic mass is 9.88. The van der Waals surface area contributed by atoms with Crippen LogP contribution in [0.2, 0.25) is 0 Å². The van der Waals surface area contributed by atoms with Crippen molar-refractivity contribution in [3.63, 3.8) is 0 Å². The Kier molecular flexibility index (Phi) is 7.36. The minimum absolute atomic E-state index is 0.0682. The molecule has 7 nitrogen and oxygen atoms in total. The molecule has 1 aliphatic rings. The lowest BCUT2D eigenvalue weighted by molar-refractivity contribution is -0.139. The van der Waals surface area contributed by atoms with E-state index in [1.54, 1.807) is 26.0 Å². The molecule has 0 bridgehead atoms. The number of nitrogens with one attached hydrogen (secondary N) is 1. The molecule has 1 saturated heterocycles. The fourth-order valence-corrected chi connectivity index (χ4v) is 5.29. The molecule has 0 aliphatic carbocycles. The summed E-state index contributed by atoms with van der Waals surface area (Å²) < 4.78 is 73.4. The van der Waals surface area contributed by atoms with Gasteiger partial charge in [-0.15, -0.1) is 11.3 Å². The van der Waals surface area contributed by atoms with Crippen molar-refractivity contribution in [1.82, 2.24) is 19.9 Å². The second kappa shape index (κ2) is 10.2. The molecule has 1 N–H and O–H groups in total. The summed E-state index contributed by atoms with van der Waals surface area (Å²) in [7, 11) is 1.05. The number of carbonyl (C=O) groups excluding carboxylic acids is 1. The molecule has 37 heavy (non-hydrogen) atoms. The summed E-state index contributed by atoms with van der Waals surface area (Å²) in [5.41, 5.74) is -0.320. The minimum atomic E-state index is -4.71. The number of anilines is 1. The van der Waals surface area contributed by atoms with Crippen molar-refractivity contribution in [2.75, 3.05) is 25.5 Å². The van der Waals surface area contributed by atoms with Gasteiger partial charge in [-0.1, -0.05) is 37.3 Å². The van der Waals surface area contributed by atoms with E-state index in [1.165, 1.54) is 11.3 Å². The number of ether oxygens (including phenoxy) is 1. The van der Waals surface area contributed by atoms with Gasteiger partial charge in [-0.25, -0.2) is 18.7 Å². The first-order valence-corrected chi connectivity index (χ1v) is 12.1. The number of halogens is 5. The highest BCUT2D eigenvalue weighted by Crippen LogP contribution is 2.38. The molecule has 0 radical (unpaired) electrons. The Labute approximate surface area is 213 Å².